The summed E-state index contributed by atoms with van der Waals surface area (Å²) in [5.41, 5.74) is 2.77. The fourth-order valence-corrected chi connectivity index (χ4v) is 4.70. The minimum absolute atomic E-state index is 0.221. The van der Waals surface area contributed by atoms with Crippen molar-refractivity contribution in [1.29, 1.82) is 0 Å². The fourth-order valence-electron chi connectivity index (χ4n) is 3.90. The van der Waals surface area contributed by atoms with Crippen LogP contribution in [0.4, 0.5) is 13.9 Å². The Hall–Kier alpha value is -4.76. The van der Waals surface area contributed by atoms with Crippen LogP contribution in [0.3, 0.4) is 0 Å². The molecular formula is C27H19F2N7O2S. The number of fused-ring (bicyclic) bond motifs is 1. The minimum atomic E-state index is -2.80. The molecule has 0 saturated heterocycles. The Kier molecular flexibility index (Phi) is 6.42. The van der Waals surface area contributed by atoms with Gasteiger partial charge in [-0.25, -0.2) is 18.7 Å². The van der Waals surface area contributed by atoms with Gasteiger partial charge >= 0.3 is 0 Å². The normalized spacial score (nSPS) is 12.8. The van der Waals surface area contributed by atoms with E-state index in [1.807, 2.05) is 0 Å². The van der Waals surface area contributed by atoms with Crippen molar-refractivity contribution in [1.82, 2.24) is 30.1 Å². The minimum Gasteiger partial charge on any atom is -0.494 e. The molecule has 2 N–H and O–H groups in total. The molecule has 0 radical (unpaired) electrons. The van der Waals surface area contributed by atoms with Crippen molar-refractivity contribution in [2.45, 2.75) is 19.3 Å². The highest BCUT2D eigenvalue weighted by atomic mass is 32.1. The third-order valence-corrected chi connectivity index (χ3v) is 6.88. The average molecular weight is 544 g/mol. The number of alkyl halides is 2. The molecule has 0 bridgehead atoms. The van der Waals surface area contributed by atoms with Crippen LogP contribution < -0.4 is 10.1 Å². The van der Waals surface area contributed by atoms with E-state index in [4.69, 9.17) is 4.74 Å². The summed E-state index contributed by atoms with van der Waals surface area (Å²) in [5, 5.41) is 9.93. The van der Waals surface area contributed by atoms with Gasteiger partial charge in [0.1, 0.15) is 17.1 Å². The van der Waals surface area contributed by atoms with Crippen molar-refractivity contribution < 1.29 is 18.3 Å². The van der Waals surface area contributed by atoms with E-state index in [0.717, 1.165) is 12.8 Å². The summed E-state index contributed by atoms with van der Waals surface area (Å²) in [6, 6.07) is 8.04. The number of ether oxygens (including phenoxy) is 1. The molecule has 0 aliphatic heterocycles. The summed E-state index contributed by atoms with van der Waals surface area (Å²) in [6.07, 6.45) is 3.79. The van der Waals surface area contributed by atoms with Crippen molar-refractivity contribution >= 4 is 32.9 Å². The van der Waals surface area contributed by atoms with Crippen molar-refractivity contribution in [2.75, 3.05) is 12.4 Å². The van der Waals surface area contributed by atoms with Gasteiger partial charge in [-0.3, -0.25) is 20.2 Å². The number of benzene rings is 1. The average Bonchev–Trinajstić information content (AvgIpc) is 3.44. The standard InChI is InChI=1S/C27H19F2N7O2S/c1-38-22-13-30-21(23(28)29)11-19(22)18-10-15(20-8-9-32-36-20)5-7-17(18)25(37)35-27-34-24-26(39-27)33-16(12-31-24)6-4-14-2-3-14/h5,7-14,23H,2-3H2,1H3,(H,32,36)(H,31,34,35,37). The zero-order chi connectivity index (χ0) is 26.9. The van der Waals surface area contributed by atoms with Gasteiger partial charge in [0.15, 0.2) is 15.6 Å². The smallest absolute Gasteiger partial charge is 0.280 e. The van der Waals surface area contributed by atoms with Gasteiger partial charge in [0.05, 0.1) is 25.2 Å². The highest BCUT2D eigenvalue weighted by Gasteiger charge is 2.22. The van der Waals surface area contributed by atoms with Crippen molar-refractivity contribution in [2.24, 2.45) is 5.92 Å². The van der Waals surface area contributed by atoms with Crippen LogP contribution in [0.15, 0.2) is 48.9 Å². The second-order valence-corrected chi connectivity index (χ2v) is 9.72. The first kappa shape index (κ1) is 24.6. The largest absolute Gasteiger partial charge is 0.494 e. The van der Waals surface area contributed by atoms with Gasteiger partial charge in [-0.05, 0) is 48.6 Å². The number of pyridine rings is 1. The highest BCUT2D eigenvalue weighted by molar-refractivity contribution is 7.21. The number of rotatable bonds is 6. The summed E-state index contributed by atoms with van der Waals surface area (Å²) in [5.74, 6) is 6.36. The van der Waals surface area contributed by atoms with Crippen LogP contribution >= 0.6 is 11.3 Å². The Morgan fingerprint density at radius 3 is 2.77 bits per heavy atom. The van der Waals surface area contributed by atoms with E-state index < -0.39 is 18.0 Å². The molecule has 5 aromatic rings. The number of carbonyl (C=O) groups excluding carboxylic acids is 1. The van der Waals surface area contributed by atoms with E-state index in [-0.39, 0.29) is 11.3 Å². The lowest BCUT2D eigenvalue weighted by Gasteiger charge is -2.15. The van der Waals surface area contributed by atoms with Crippen LogP contribution in [-0.4, -0.2) is 43.2 Å². The molecule has 9 nitrogen and oxygen atoms in total. The molecule has 1 saturated carbocycles. The lowest BCUT2D eigenvalue weighted by molar-refractivity contribution is 0.102. The van der Waals surface area contributed by atoms with Crippen molar-refractivity contribution in [3.05, 3.63) is 65.9 Å². The molecule has 194 valence electrons. The molecule has 0 unspecified atom stereocenters. The van der Waals surface area contributed by atoms with Gasteiger partial charge in [0, 0.05) is 28.8 Å². The Bertz CT molecular complexity index is 1760. The third-order valence-electron chi connectivity index (χ3n) is 6.02. The summed E-state index contributed by atoms with van der Waals surface area (Å²) in [7, 11) is 1.41. The van der Waals surface area contributed by atoms with Crippen LogP contribution in [-0.2, 0) is 0 Å². The molecule has 39 heavy (non-hydrogen) atoms. The SMILES string of the molecule is COc1cnc(C(F)F)cc1-c1cc(-c2ccn[nH]2)ccc1C(=O)Nc1nc2ncc(C#CC3CC3)nc2s1. The summed E-state index contributed by atoms with van der Waals surface area (Å²) >= 11 is 1.17. The number of thiazole rings is 1. The molecule has 0 atom stereocenters. The molecule has 0 spiro atoms. The lowest BCUT2D eigenvalue weighted by atomic mass is 9.95. The first-order chi connectivity index (χ1) is 19.0. The molecule has 1 aromatic carbocycles. The van der Waals surface area contributed by atoms with E-state index in [9.17, 15) is 13.6 Å². The van der Waals surface area contributed by atoms with Gasteiger partial charge in [-0.15, -0.1) is 0 Å². The van der Waals surface area contributed by atoms with E-state index in [2.05, 4.69) is 47.3 Å². The molecule has 1 amide bonds. The number of anilines is 1. The van der Waals surface area contributed by atoms with Gasteiger partial charge in [0.2, 0.25) is 0 Å². The number of amides is 1. The number of hydrogen-bond donors (Lipinski definition) is 2. The van der Waals surface area contributed by atoms with Crippen LogP contribution in [0.2, 0.25) is 0 Å². The predicted octanol–water partition coefficient (Wildman–Crippen LogP) is 5.50. The van der Waals surface area contributed by atoms with Crippen LogP contribution in [0.5, 0.6) is 5.75 Å². The number of nitrogens with one attached hydrogen (secondary N) is 2. The number of carbonyl (C=O) groups is 1. The first-order valence-corrected chi connectivity index (χ1v) is 12.7. The lowest BCUT2D eigenvalue weighted by Crippen LogP contribution is -2.13. The Labute approximate surface area is 224 Å². The number of methoxy groups -OCH3 is 1. The van der Waals surface area contributed by atoms with E-state index in [1.165, 1.54) is 30.7 Å². The summed E-state index contributed by atoms with van der Waals surface area (Å²) < 4.78 is 32.5. The Balaban J connectivity index is 1.38. The van der Waals surface area contributed by atoms with E-state index in [1.54, 1.807) is 36.7 Å². The topological polar surface area (TPSA) is 119 Å². The predicted molar refractivity (Wildman–Crippen MR) is 142 cm³/mol. The number of nitrogens with zero attached hydrogens (tertiary/aromatic N) is 5. The summed E-state index contributed by atoms with van der Waals surface area (Å²) in [6.45, 7) is 0. The maximum absolute atomic E-state index is 13.5. The number of hydrogen-bond acceptors (Lipinski definition) is 8. The molecule has 12 heteroatoms. The molecule has 6 rings (SSSR count). The van der Waals surface area contributed by atoms with Crippen LogP contribution in [0, 0.1) is 17.8 Å². The maximum Gasteiger partial charge on any atom is 0.280 e. The molecule has 4 heterocycles. The number of aromatic amines is 1. The van der Waals surface area contributed by atoms with E-state index >= 15 is 0 Å². The number of halogens is 2. The second kappa shape index (κ2) is 10.2. The Morgan fingerprint density at radius 2 is 2.03 bits per heavy atom. The van der Waals surface area contributed by atoms with E-state index in [0.29, 0.717) is 49.6 Å². The van der Waals surface area contributed by atoms with Crippen molar-refractivity contribution in [3.8, 4) is 40.0 Å². The maximum atomic E-state index is 13.5. The monoisotopic (exact) mass is 543 g/mol. The fraction of sp³-hybridized carbons (Fsp3) is 0.185. The number of H-pyrrole nitrogens is 1. The number of aromatic nitrogens is 6. The molecule has 1 aliphatic carbocycles. The van der Waals surface area contributed by atoms with Gasteiger partial charge in [0.25, 0.3) is 12.3 Å². The van der Waals surface area contributed by atoms with Crippen molar-refractivity contribution in [3.63, 3.8) is 0 Å². The highest BCUT2D eigenvalue weighted by Crippen LogP contribution is 2.37. The second-order valence-electron chi connectivity index (χ2n) is 8.74. The summed E-state index contributed by atoms with van der Waals surface area (Å²) in [4.78, 5) is 31.0. The molecule has 1 fully saturated rings. The zero-order valence-electron chi connectivity index (χ0n) is 20.4. The third kappa shape index (κ3) is 5.17. The molecule has 4 aromatic heterocycles. The quantitative estimate of drug-likeness (QED) is 0.272. The van der Waals surface area contributed by atoms with Gasteiger partial charge < -0.3 is 4.74 Å². The molecular weight excluding hydrogens is 524 g/mol. The first-order valence-electron chi connectivity index (χ1n) is 11.9. The van der Waals surface area contributed by atoms with Crippen LogP contribution in [0.25, 0.3) is 32.9 Å². The Morgan fingerprint density at radius 1 is 1.15 bits per heavy atom. The zero-order valence-corrected chi connectivity index (χ0v) is 21.2. The van der Waals surface area contributed by atoms with Gasteiger partial charge in [-0.2, -0.15) is 10.1 Å². The van der Waals surface area contributed by atoms with Crippen LogP contribution in [0.1, 0.15) is 41.0 Å². The molecule has 1 aliphatic rings. The van der Waals surface area contributed by atoms with Gasteiger partial charge in [-0.1, -0.05) is 23.3 Å².